The van der Waals surface area contributed by atoms with Crippen LogP contribution in [-0.2, 0) is 11.3 Å². The van der Waals surface area contributed by atoms with Crippen molar-refractivity contribution in [2.75, 3.05) is 47.8 Å². The number of amides is 3. The normalized spacial score (nSPS) is 18.2. The minimum absolute atomic E-state index is 0.0604. The number of pyridine rings is 1. The fourth-order valence-corrected chi connectivity index (χ4v) is 4.13. The van der Waals surface area contributed by atoms with Gasteiger partial charge in [-0.25, -0.2) is 28.5 Å². The van der Waals surface area contributed by atoms with Gasteiger partial charge in [-0.2, -0.15) is 0 Å². The lowest BCUT2D eigenvalue weighted by atomic mass is 10.2. The van der Waals surface area contributed by atoms with Gasteiger partial charge in [-0.3, -0.25) is 14.9 Å². The van der Waals surface area contributed by atoms with Crippen LogP contribution in [0.2, 0.25) is 0 Å². The van der Waals surface area contributed by atoms with Gasteiger partial charge in [-0.1, -0.05) is 5.21 Å². The first-order valence-electron chi connectivity index (χ1n) is 11.3. The van der Waals surface area contributed by atoms with E-state index >= 15 is 8.78 Å². The molecule has 2 fully saturated rings. The van der Waals surface area contributed by atoms with Gasteiger partial charge in [0.15, 0.2) is 11.6 Å². The van der Waals surface area contributed by atoms with Crippen molar-refractivity contribution in [1.82, 2.24) is 30.4 Å². The molecule has 1 atom stereocenters. The Bertz CT molecular complexity index is 1210. The predicted molar refractivity (Wildman–Crippen MR) is 124 cm³/mol. The Hall–Kier alpha value is -4.33. The molecule has 0 aliphatic carbocycles. The van der Waals surface area contributed by atoms with E-state index in [1.807, 2.05) is 0 Å². The molecule has 5 rings (SSSR count). The summed E-state index contributed by atoms with van der Waals surface area (Å²) in [6.07, 6.45) is 5.01. The van der Waals surface area contributed by atoms with Gasteiger partial charge < -0.3 is 15.0 Å². The number of cyclic esters (lactones) is 1. The van der Waals surface area contributed by atoms with Gasteiger partial charge in [-0.15, -0.1) is 5.10 Å². The molecule has 2 aliphatic heterocycles. The maximum absolute atomic E-state index is 15.2. The van der Waals surface area contributed by atoms with E-state index in [1.54, 1.807) is 24.5 Å². The number of benzene rings is 1. The van der Waals surface area contributed by atoms with Crippen LogP contribution in [0.5, 0.6) is 0 Å². The predicted octanol–water partition coefficient (Wildman–Crippen LogP) is 1.84. The number of aromatic nitrogens is 4. The van der Waals surface area contributed by atoms with Crippen LogP contribution in [0.15, 0.2) is 49.1 Å². The fourth-order valence-electron chi connectivity index (χ4n) is 4.13. The summed E-state index contributed by atoms with van der Waals surface area (Å²) in [4.78, 5) is 31.6. The first-order valence-corrected chi connectivity index (χ1v) is 11.3. The van der Waals surface area contributed by atoms with Gasteiger partial charge in [0.2, 0.25) is 0 Å². The molecule has 2 aliphatic rings. The number of anilines is 3. The highest BCUT2D eigenvalue weighted by molar-refractivity contribution is 5.90. The van der Waals surface area contributed by atoms with Crippen LogP contribution in [0.4, 0.5) is 35.4 Å². The van der Waals surface area contributed by atoms with E-state index in [9.17, 15) is 9.59 Å². The van der Waals surface area contributed by atoms with Crippen molar-refractivity contribution in [2.24, 2.45) is 0 Å². The molecule has 1 aromatic carbocycles. The molecule has 14 heteroatoms. The van der Waals surface area contributed by atoms with Crippen LogP contribution in [0, 0.1) is 11.6 Å². The number of carbonyl (C=O) groups is 2. The molecule has 2 aromatic heterocycles. The number of hydrazine groups is 1. The summed E-state index contributed by atoms with van der Waals surface area (Å²) in [6, 6.07) is 5.22. The van der Waals surface area contributed by atoms with E-state index in [0.29, 0.717) is 5.69 Å². The van der Waals surface area contributed by atoms with Crippen molar-refractivity contribution < 1.29 is 23.1 Å². The van der Waals surface area contributed by atoms with E-state index in [4.69, 9.17) is 4.74 Å². The molecule has 0 saturated carbocycles. The zero-order chi connectivity index (χ0) is 25.1. The van der Waals surface area contributed by atoms with Crippen molar-refractivity contribution in [1.29, 1.82) is 0 Å². The third kappa shape index (κ3) is 5.02. The van der Waals surface area contributed by atoms with Gasteiger partial charge in [0, 0.05) is 44.2 Å². The van der Waals surface area contributed by atoms with E-state index < -0.39 is 29.9 Å². The lowest BCUT2D eigenvalue weighted by molar-refractivity contribution is 0.129. The maximum atomic E-state index is 15.2. The van der Waals surface area contributed by atoms with Crippen molar-refractivity contribution in [2.45, 2.75) is 12.6 Å². The topological polar surface area (TPSA) is 121 Å². The Morgan fingerprint density at radius 1 is 1.19 bits per heavy atom. The zero-order valence-electron chi connectivity index (χ0n) is 19.0. The summed E-state index contributed by atoms with van der Waals surface area (Å²) >= 11 is 0. The number of nitrogens with zero attached hydrogens (tertiary/aromatic N) is 7. The molecule has 2 saturated heterocycles. The highest BCUT2D eigenvalue weighted by atomic mass is 19.1. The minimum atomic E-state index is -0.814. The molecule has 188 valence electrons. The summed E-state index contributed by atoms with van der Waals surface area (Å²) in [5.74, 6) is -1.63. The number of rotatable bonds is 5. The monoisotopic (exact) mass is 499 g/mol. The molecule has 4 heterocycles. The number of nitrogens with one attached hydrogen (secondary N) is 2. The van der Waals surface area contributed by atoms with E-state index in [0.717, 1.165) is 12.1 Å². The Kier molecular flexibility index (Phi) is 6.58. The van der Waals surface area contributed by atoms with Crippen molar-refractivity contribution in [3.8, 4) is 0 Å². The summed E-state index contributed by atoms with van der Waals surface area (Å²) in [6.45, 7) is 1.29. The molecule has 0 radical (unpaired) electrons. The fraction of sp³-hybridized carbons (Fsp3) is 0.318. The number of carbonyl (C=O) groups excluding carboxylic acids is 2. The third-order valence-corrected chi connectivity index (χ3v) is 5.80. The third-order valence-electron chi connectivity index (χ3n) is 5.80. The lowest BCUT2D eigenvalue weighted by Crippen LogP contribution is -2.46. The summed E-state index contributed by atoms with van der Waals surface area (Å²) < 4.78 is 37.1. The van der Waals surface area contributed by atoms with E-state index in [-0.39, 0.29) is 50.6 Å². The number of hydrogen-bond donors (Lipinski definition) is 2. The van der Waals surface area contributed by atoms with Crippen LogP contribution in [0.1, 0.15) is 0 Å². The first-order chi connectivity index (χ1) is 17.5. The van der Waals surface area contributed by atoms with Gasteiger partial charge >= 0.3 is 12.1 Å². The Morgan fingerprint density at radius 2 is 2.03 bits per heavy atom. The van der Waals surface area contributed by atoms with Crippen LogP contribution in [-0.4, -0.2) is 75.9 Å². The Morgan fingerprint density at radius 3 is 2.75 bits per heavy atom. The molecule has 12 nitrogen and oxygen atoms in total. The number of halogens is 2. The molecule has 3 amide bonds. The largest absolute Gasteiger partial charge is 0.442 e. The molecule has 36 heavy (non-hydrogen) atoms. The Balaban J connectivity index is 1.25. The van der Waals surface area contributed by atoms with Gasteiger partial charge in [0.05, 0.1) is 43.4 Å². The molecule has 0 spiro atoms. The van der Waals surface area contributed by atoms with Crippen molar-refractivity contribution >= 4 is 29.2 Å². The van der Waals surface area contributed by atoms with Crippen LogP contribution >= 0.6 is 0 Å². The quantitative estimate of drug-likeness (QED) is 0.546. The molecule has 0 bridgehead atoms. The van der Waals surface area contributed by atoms with Crippen LogP contribution < -0.4 is 20.5 Å². The van der Waals surface area contributed by atoms with E-state index in [1.165, 1.54) is 31.9 Å². The maximum Gasteiger partial charge on any atom is 0.414 e. The van der Waals surface area contributed by atoms with Gasteiger partial charge in [-0.05, 0) is 12.1 Å². The number of hydrogen-bond acceptors (Lipinski definition) is 8. The number of ether oxygens (including phenoxy) is 1. The minimum Gasteiger partial charge on any atom is -0.442 e. The van der Waals surface area contributed by atoms with Gasteiger partial charge in [0.25, 0.3) is 0 Å². The zero-order valence-corrected chi connectivity index (χ0v) is 19.0. The number of urea groups is 1. The van der Waals surface area contributed by atoms with Crippen molar-refractivity contribution in [3.05, 3.63) is 60.7 Å². The molecule has 3 aromatic rings. The summed E-state index contributed by atoms with van der Waals surface area (Å²) in [5, 5.41) is 11.6. The summed E-state index contributed by atoms with van der Waals surface area (Å²) in [7, 11) is 0. The summed E-state index contributed by atoms with van der Waals surface area (Å²) in [5.41, 5.74) is 3.33. The molecule has 0 unspecified atom stereocenters. The first kappa shape index (κ1) is 23.4. The highest BCUT2D eigenvalue weighted by Crippen LogP contribution is 2.31. The average molecular weight is 499 g/mol. The average Bonchev–Trinajstić information content (AvgIpc) is 3.42. The van der Waals surface area contributed by atoms with Crippen molar-refractivity contribution in [3.63, 3.8) is 0 Å². The standard InChI is InChI=1S/C22H23F2N9O3/c23-18-10-16(32-14-17(36-22(32)35)13-31-7-4-26-29-31)11-19(24)20(18)30-6-5-27-33(9-8-30)21(34)28-15-2-1-3-25-12-15/h1-4,7,10-12,17,27H,5-6,8-9,13-14H2,(H,28,34)/t17-/m0/s1. The SMILES string of the molecule is O=C(Nc1cccnc1)N1CCN(c2c(F)cc(N3C[C@H](Cn4ccnn4)OC3=O)cc2F)CCN1. The Labute approximate surface area is 204 Å². The molecular formula is C22H23F2N9O3. The highest BCUT2D eigenvalue weighted by Gasteiger charge is 2.34. The van der Waals surface area contributed by atoms with Gasteiger partial charge in [0.1, 0.15) is 11.8 Å². The van der Waals surface area contributed by atoms with Crippen LogP contribution in [0.3, 0.4) is 0 Å². The molecule has 2 N–H and O–H groups in total. The molecular weight excluding hydrogens is 476 g/mol. The van der Waals surface area contributed by atoms with E-state index in [2.05, 4.69) is 26.0 Å². The lowest BCUT2D eigenvalue weighted by Gasteiger charge is -2.25. The van der Waals surface area contributed by atoms with Crippen LogP contribution in [0.25, 0.3) is 0 Å². The second-order valence-electron chi connectivity index (χ2n) is 8.22. The smallest absolute Gasteiger partial charge is 0.414 e. The second-order valence-corrected chi connectivity index (χ2v) is 8.22. The second kappa shape index (κ2) is 10.1.